The van der Waals surface area contributed by atoms with Crippen LogP contribution in [0.15, 0.2) is 41.4 Å². The number of nitriles is 1. The zero-order chi connectivity index (χ0) is 21.1. The number of aromatic nitrogens is 1. The first kappa shape index (κ1) is 20.4. The van der Waals surface area contributed by atoms with Crippen LogP contribution < -0.4 is 4.90 Å². The minimum atomic E-state index is -3.68. The van der Waals surface area contributed by atoms with Crippen molar-refractivity contribution in [1.29, 1.82) is 5.26 Å². The van der Waals surface area contributed by atoms with Gasteiger partial charge in [0.15, 0.2) is 0 Å². The minimum absolute atomic E-state index is 0.136. The second-order valence-electron chi connectivity index (χ2n) is 7.65. The molecule has 0 spiro atoms. The van der Waals surface area contributed by atoms with Crippen LogP contribution in [0.3, 0.4) is 0 Å². The molecule has 3 heterocycles. The van der Waals surface area contributed by atoms with Crippen molar-refractivity contribution in [1.82, 2.24) is 14.2 Å². The first-order valence-corrected chi connectivity index (χ1v) is 11.7. The Balaban J connectivity index is 1.45. The smallest absolute Gasteiger partial charge is 0.270 e. The number of likely N-dealkylation sites (tertiary alicyclic amines) is 1. The lowest BCUT2D eigenvalue weighted by Gasteiger charge is -2.23. The molecule has 1 aromatic heterocycles. The fourth-order valence-corrected chi connectivity index (χ4v) is 5.49. The summed E-state index contributed by atoms with van der Waals surface area (Å²) in [7, 11) is -3.68. The number of H-pyrrole nitrogens is 1. The number of carbonyl (C=O) groups excluding carboxylic acids is 1. The van der Waals surface area contributed by atoms with E-state index in [1.165, 1.54) is 16.6 Å². The third-order valence-corrected chi connectivity index (χ3v) is 7.61. The molecule has 1 aromatic carbocycles. The van der Waals surface area contributed by atoms with Crippen molar-refractivity contribution in [2.45, 2.75) is 24.2 Å². The molecule has 1 N–H and O–H groups in total. The molecule has 0 aliphatic carbocycles. The zero-order valence-corrected chi connectivity index (χ0v) is 17.6. The molecular formula is C21H25N5O3S. The van der Waals surface area contributed by atoms with Gasteiger partial charge in [0.2, 0.25) is 10.0 Å². The summed E-state index contributed by atoms with van der Waals surface area (Å²) in [6.45, 7) is 3.53. The number of anilines is 1. The Hall–Kier alpha value is -2.83. The number of amides is 1. The number of hydrogen-bond acceptors (Lipinski definition) is 5. The number of aromatic amines is 1. The van der Waals surface area contributed by atoms with Gasteiger partial charge in [-0.3, -0.25) is 4.79 Å². The minimum Gasteiger partial charge on any atom is -0.370 e. The molecule has 9 heteroatoms. The monoisotopic (exact) mass is 427 g/mol. The lowest BCUT2D eigenvalue weighted by Crippen LogP contribution is -2.35. The predicted molar refractivity (Wildman–Crippen MR) is 113 cm³/mol. The van der Waals surface area contributed by atoms with Crippen molar-refractivity contribution in [2.24, 2.45) is 0 Å². The van der Waals surface area contributed by atoms with Crippen LogP contribution >= 0.6 is 0 Å². The van der Waals surface area contributed by atoms with Crippen LogP contribution in [-0.2, 0) is 10.0 Å². The van der Waals surface area contributed by atoms with Gasteiger partial charge in [-0.1, -0.05) is 0 Å². The van der Waals surface area contributed by atoms with Crippen LogP contribution in [0.2, 0.25) is 0 Å². The summed E-state index contributed by atoms with van der Waals surface area (Å²) in [5.74, 6) is -0.142. The Morgan fingerprint density at radius 3 is 2.40 bits per heavy atom. The highest BCUT2D eigenvalue weighted by molar-refractivity contribution is 7.89. The van der Waals surface area contributed by atoms with Crippen LogP contribution in [0.5, 0.6) is 0 Å². The first-order valence-electron chi connectivity index (χ1n) is 10.2. The van der Waals surface area contributed by atoms with E-state index in [9.17, 15) is 13.2 Å². The van der Waals surface area contributed by atoms with Crippen LogP contribution in [0.1, 0.15) is 35.3 Å². The van der Waals surface area contributed by atoms with Crippen molar-refractivity contribution in [3.8, 4) is 6.07 Å². The molecule has 0 bridgehead atoms. The third kappa shape index (κ3) is 4.06. The predicted octanol–water partition coefficient (Wildman–Crippen LogP) is 2.02. The quantitative estimate of drug-likeness (QED) is 0.805. The number of carbonyl (C=O) groups is 1. The highest BCUT2D eigenvalue weighted by Crippen LogP contribution is 2.23. The number of nitrogens with one attached hydrogen (secondary N) is 1. The van der Waals surface area contributed by atoms with Gasteiger partial charge in [-0.2, -0.15) is 9.57 Å². The molecule has 4 rings (SSSR count). The Morgan fingerprint density at radius 2 is 1.70 bits per heavy atom. The number of benzene rings is 1. The van der Waals surface area contributed by atoms with E-state index >= 15 is 0 Å². The largest absolute Gasteiger partial charge is 0.370 e. The second-order valence-corrected chi connectivity index (χ2v) is 9.59. The molecule has 0 radical (unpaired) electrons. The summed E-state index contributed by atoms with van der Waals surface area (Å²) in [4.78, 5) is 19.4. The van der Waals surface area contributed by atoms with Gasteiger partial charge < -0.3 is 14.8 Å². The molecule has 2 saturated heterocycles. The molecule has 0 unspecified atom stereocenters. The van der Waals surface area contributed by atoms with Gasteiger partial charge in [-0.05, 0) is 49.6 Å². The molecule has 2 aromatic rings. The molecule has 158 valence electrons. The average Bonchev–Trinajstić information content (AvgIpc) is 3.42. The molecular weight excluding hydrogens is 402 g/mol. The van der Waals surface area contributed by atoms with E-state index in [1.807, 2.05) is 12.1 Å². The van der Waals surface area contributed by atoms with E-state index in [-0.39, 0.29) is 10.8 Å². The van der Waals surface area contributed by atoms with Crippen molar-refractivity contribution < 1.29 is 13.2 Å². The Kier molecular flexibility index (Phi) is 5.79. The molecule has 0 saturated carbocycles. The van der Waals surface area contributed by atoms with Crippen LogP contribution in [-0.4, -0.2) is 67.8 Å². The summed E-state index contributed by atoms with van der Waals surface area (Å²) >= 11 is 0. The highest BCUT2D eigenvalue weighted by atomic mass is 32.2. The lowest BCUT2D eigenvalue weighted by atomic mass is 10.2. The topological polar surface area (TPSA) is 101 Å². The van der Waals surface area contributed by atoms with E-state index in [0.29, 0.717) is 37.3 Å². The summed E-state index contributed by atoms with van der Waals surface area (Å²) in [6, 6.07) is 10.9. The maximum atomic E-state index is 13.2. The van der Waals surface area contributed by atoms with Gasteiger partial charge in [-0.25, -0.2) is 8.42 Å². The molecule has 1 amide bonds. The number of rotatable bonds is 4. The number of nitrogens with zero attached hydrogens (tertiary/aromatic N) is 4. The normalized spacial score (nSPS) is 18.2. The molecule has 2 aliphatic rings. The first-order chi connectivity index (χ1) is 14.5. The molecule has 0 atom stereocenters. The van der Waals surface area contributed by atoms with E-state index in [1.54, 1.807) is 17.0 Å². The van der Waals surface area contributed by atoms with Crippen molar-refractivity contribution in [3.63, 3.8) is 0 Å². The number of sulfonamides is 1. The Morgan fingerprint density at radius 1 is 0.967 bits per heavy atom. The van der Waals surface area contributed by atoms with E-state index in [2.05, 4.69) is 16.0 Å². The maximum absolute atomic E-state index is 13.2. The van der Waals surface area contributed by atoms with Gasteiger partial charge in [0, 0.05) is 51.2 Å². The lowest BCUT2D eigenvalue weighted by molar-refractivity contribution is 0.0787. The second kappa shape index (κ2) is 8.50. The SMILES string of the molecule is N#Cc1ccc(N2CCCN(S(=O)(=O)c3c[nH]c(C(=O)N4CCCC4)c3)CC2)cc1. The van der Waals surface area contributed by atoms with E-state index in [4.69, 9.17) is 5.26 Å². The van der Waals surface area contributed by atoms with Gasteiger partial charge in [0.05, 0.1) is 11.6 Å². The Labute approximate surface area is 176 Å². The number of hydrogen-bond donors (Lipinski definition) is 1. The van der Waals surface area contributed by atoms with Gasteiger partial charge in [-0.15, -0.1) is 0 Å². The summed E-state index contributed by atoms with van der Waals surface area (Å²) < 4.78 is 27.8. The van der Waals surface area contributed by atoms with E-state index < -0.39 is 10.0 Å². The Bertz CT molecular complexity index is 1050. The van der Waals surface area contributed by atoms with Crippen molar-refractivity contribution in [2.75, 3.05) is 44.2 Å². The van der Waals surface area contributed by atoms with Crippen molar-refractivity contribution in [3.05, 3.63) is 47.8 Å². The van der Waals surface area contributed by atoms with Gasteiger partial charge in [0.1, 0.15) is 10.6 Å². The average molecular weight is 428 g/mol. The van der Waals surface area contributed by atoms with Crippen LogP contribution in [0.25, 0.3) is 0 Å². The summed E-state index contributed by atoms with van der Waals surface area (Å²) in [6.07, 6.45) is 4.09. The van der Waals surface area contributed by atoms with Gasteiger partial charge in [0.25, 0.3) is 5.91 Å². The molecule has 2 fully saturated rings. The van der Waals surface area contributed by atoms with E-state index in [0.717, 1.165) is 38.2 Å². The fourth-order valence-electron chi connectivity index (χ4n) is 4.03. The maximum Gasteiger partial charge on any atom is 0.270 e. The molecule has 2 aliphatic heterocycles. The fraction of sp³-hybridized carbons (Fsp3) is 0.429. The third-order valence-electron chi connectivity index (χ3n) is 5.73. The van der Waals surface area contributed by atoms with Crippen molar-refractivity contribution >= 4 is 21.6 Å². The summed E-state index contributed by atoms with van der Waals surface area (Å²) in [5, 5.41) is 8.95. The highest BCUT2D eigenvalue weighted by Gasteiger charge is 2.29. The molecule has 8 nitrogen and oxygen atoms in total. The summed E-state index contributed by atoms with van der Waals surface area (Å²) in [5.41, 5.74) is 1.91. The van der Waals surface area contributed by atoms with Gasteiger partial charge >= 0.3 is 0 Å². The zero-order valence-electron chi connectivity index (χ0n) is 16.7. The van der Waals surface area contributed by atoms with Crippen LogP contribution in [0.4, 0.5) is 5.69 Å². The van der Waals surface area contributed by atoms with Crippen LogP contribution in [0, 0.1) is 11.3 Å². The standard InChI is InChI=1S/C21H25N5O3S/c22-15-17-4-6-18(7-5-17)24-10-3-11-26(13-12-24)30(28,29)19-14-20(23-16-19)21(27)25-8-1-2-9-25/h4-7,14,16,23H,1-3,8-13H2. The molecule has 30 heavy (non-hydrogen) atoms.